The molecule has 0 radical (unpaired) electrons. The van der Waals surface area contributed by atoms with Crippen molar-refractivity contribution >= 4 is 28.5 Å². The van der Waals surface area contributed by atoms with Crippen LogP contribution in [0.2, 0.25) is 5.02 Å². The van der Waals surface area contributed by atoms with Gasteiger partial charge in [0.25, 0.3) is 5.91 Å². The summed E-state index contributed by atoms with van der Waals surface area (Å²) in [6.45, 7) is 0.188. The first-order chi connectivity index (χ1) is 22.5. The van der Waals surface area contributed by atoms with E-state index in [-0.39, 0.29) is 17.5 Å². The molecule has 46 heavy (non-hydrogen) atoms. The van der Waals surface area contributed by atoms with Crippen LogP contribution < -0.4 is 10.1 Å². The van der Waals surface area contributed by atoms with E-state index in [1.165, 1.54) is 25.3 Å². The van der Waals surface area contributed by atoms with Crippen LogP contribution >= 0.6 is 11.6 Å². The number of carbonyl (C=O) groups is 1. The molecule has 0 saturated heterocycles. The first-order valence-electron chi connectivity index (χ1n) is 15.3. The second-order valence-corrected chi connectivity index (χ2v) is 11.8. The van der Waals surface area contributed by atoms with E-state index in [4.69, 9.17) is 21.3 Å². The highest BCUT2D eigenvalue weighted by molar-refractivity contribution is 6.31. The Morgan fingerprint density at radius 2 is 1.76 bits per heavy atom. The van der Waals surface area contributed by atoms with Crippen LogP contribution in [0.4, 0.5) is 4.39 Å². The Morgan fingerprint density at radius 1 is 0.978 bits per heavy atom. The Hall–Kier alpha value is -5.09. The van der Waals surface area contributed by atoms with Gasteiger partial charge in [0, 0.05) is 29.8 Å². The smallest absolute Gasteiger partial charge is 0.251 e. The van der Waals surface area contributed by atoms with Crippen LogP contribution in [0.25, 0.3) is 44.9 Å². The molecule has 4 aromatic carbocycles. The highest BCUT2D eigenvalue weighted by Gasteiger charge is 2.23. The van der Waals surface area contributed by atoms with Gasteiger partial charge in [0.2, 0.25) is 5.82 Å². The number of hydrogen-bond donors (Lipinski definition) is 2. The number of halogens is 2. The molecule has 1 fully saturated rings. The molecule has 9 nitrogen and oxygen atoms in total. The summed E-state index contributed by atoms with van der Waals surface area (Å²) in [6.07, 6.45) is 5.88. The normalized spacial score (nSPS) is 13.6. The lowest BCUT2D eigenvalue weighted by atomic mass is 9.95. The number of aromatic amines is 1. The minimum absolute atomic E-state index is 0.0284. The van der Waals surface area contributed by atoms with Crippen molar-refractivity contribution < 1.29 is 13.9 Å². The van der Waals surface area contributed by atoms with E-state index in [1.54, 1.807) is 31.3 Å². The van der Waals surface area contributed by atoms with E-state index >= 15 is 0 Å². The second-order valence-electron chi connectivity index (χ2n) is 11.4. The Labute approximate surface area is 269 Å². The van der Waals surface area contributed by atoms with Crippen LogP contribution in [0.3, 0.4) is 0 Å². The lowest BCUT2D eigenvalue weighted by molar-refractivity contribution is 0.0963. The van der Waals surface area contributed by atoms with E-state index in [0.717, 1.165) is 57.5 Å². The van der Waals surface area contributed by atoms with Gasteiger partial charge in [-0.1, -0.05) is 43.0 Å². The van der Waals surface area contributed by atoms with Crippen LogP contribution in [0.15, 0.2) is 78.9 Å². The van der Waals surface area contributed by atoms with Crippen molar-refractivity contribution in [1.82, 2.24) is 35.5 Å². The summed E-state index contributed by atoms with van der Waals surface area (Å²) in [5, 5.41) is 17.2. The first-order valence-corrected chi connectivity index (χ1v) is 15.7. The van der Waals surface area contributed by atoms with Gasteiger partial charge in [-0.2, -0.15) is 5.21 Å². The molecule has 1 aliphatic rings. The molecule has 0 unspecified atom stereocenters. The number of amides is 1. The summed E-state index contributed by atoms with van der Waals surface area (Å²) in [5.74, 6) is 1.40. The van der Waals surface area contributed by atoms with Gasteiger partial charge in [0.15, 0.2) is 0 Å². The van der Waals surface area contributed by atoms with Gasteiger partial charge in [0.1, 0.15) is 24.0 Å². The van der Waals surface area contributed by atoms with Crippen molar-refractivity contribution in [3.05, 3.63) is 101 Å². The predicted octanol–water partition coefficient (Wildman–Crippen LogP) is 7.79. The zero-order valence-corrected chi connectivity index (χ0v) is 25.9. The minimum atomic E-state index is -0.491. The molecule has 1 aliphatic carbocycles. The van der Waals surface area contributed by atoms with Crippen LogP contribution in [0.1, 0.15) is 54.1 Å². The minimum Gasteiger partial charge on any atom is -0.489 e. The highest BCUT2D eigenvalue weighted by atomic mass is 35.5. The van der Waals surface area contributed by atoms with Gasteiger partial charge in [-0.25, -0.2) is 9.37 Å². The second kappa shape index (κ2) is 12.7. The van der Waals surface area contributed by atoms with Crippen molar-refractivity contribution in [3.63, 3.8) is 0 Å². The Morgan fingerprint density at radius 3 is 2.50 bits per heavy atom. The van der Waals surface area contributed by atoms with Crippen LogP contribution in [-0.2, 0) is 6.61 Å². The third-order valence-electron chi connectivity index (χ3n) is 8.56. The number of rotatable bonds is 8. The number of tetrazole rings is 1. The molecule has 2 N–H and O–H groups in total. The van der Waals surface area contributed by atoms with E-state index in [2.05, 4.69) is 36.6 Å². The number of aromatic nitrogens is 6. The number of imidazole rings is 1. The number of H-pyrrole nitrogens is 1. The first kappa shape index (κ1) is 29.6. The Kier molecular flexibility index (Phi) is 8.19. The van der Waals surface area contributed by atoms with E-state index < -0.39 is 5.82 Å². The fourth-order valence-corrected chi connectivity index (χ4v) is 6.42. The summed E-state index contributed by atoms with van der Waals surface area (Å²) in [7, 11) is 1.59. The average Bonchev–Trinajstić information content (AvgIpc) is 3.77. The Bertz CT molecular complexity index is 2020. The lowest BCUT2D eigenvalue weighted by Gasteiger charge is -2.25. The number of fused-ring (bicyclic) bond motifs is 1. The van der Waals surface area contributed by atoms with E-state index in [0.29, 0.717) is 23.2 Å². The zero-order chi connectivity index (χ0) is 31.6. The Balaban J connectivity index is 1.19. The number of carbonyl (C=O) groups excluding carboxylic acids is 1. The van der Waals surface area contributed by atoms with Gasteiger partial charge in [-0.15, -0.1) is 10.2 Å². The van der Waals surface area contributed by atoms with Gasteiger partial charge >= 0.3 is 0 Å². The quantitative estimate of drug-likeness (QED) is 0.177. The molecule has 0 atom stereocenters. The number of hydrogen-bond acceptors (Lipinski definition) is 6. The van der Waals surface area contributed by atoms with Gasteiger partial charge < -0.3 is 14.6 Å². The summed E-state index contributed by atoms with van der Waals surface area (Å²) >= 11 is 6.09. The summed E-state index contributed by atoms with van der Waals surface area (Å²) < 4.78 is 22.5. The average molecular weight is 636 g/mol. The lowest BCUT2D eigenvalue weighted by Crippen LogP contribution is -2.18. The maximum absolute atomic E-state index is 13.9. The third kappa shape index (κ3) is 5.83. The molecule has 0 bridgehead atoms. The van der Waals surface area contributed by atoms with Crippen molar-refractivity contribution in [2.75, 3.05) is 7.05 Å². The molecule has 2 heterocycles. The molecule has 1 amide bonds. The van der Waals surface area contributed by atoms with E-state index in [1.807, 2.05) is 42.5 Å². The van der Waals surface area contributed by atoms with Crippen molar-refractivity contribution in [1.29, 1.82) is 0 Å². The predicted molar refractivity (Wildman–Crippen MR) is 175 cm³/mol. The van der Waals surface area contributed by atoms with Gasteiger partial charge in [0.05, 0.1) is 16.1 Å². The fraction of sp³-hybridized carbons (Fsp3) is 0.229. The third-order valence-corrected chi connectivity index (χ3v) is 8.85. The molecular weight excluding hydrogens is 605 g/mol. The topological polar surface area (TPSA) is 111 Å². The van der Waals surface area contributed by atoms with Gasteiger partial charge in [-0.3, -0.25) is 4.79 Å². The maximum atomic E-state index is 13.9. The van der Waals surface area contributed by atoms with E-state index in [9.17, 15) is 9.18 Å². The van der Waals surface area contributed by atoms with Crippen molar-refractivity contribution in [2.45, 2.75) is 44.8 Å². The monoisotopic (exact) mass is 635 g/mol. The SMILES string of the molecule is CNC(=O)c1ccc(-c2ccc(F)c(Cl)c2)c(COc2ccc(-c3nc4cc(-c5nn[nH]n5)ccc4n3C3CCCCC3)cc2)c1. The molecule has 11 heteroatoms. The van der Waals surface area contributed by atoms with Gasteiger partial charge in [-0.05, 0) is 101 Å². The number of nitrogens with zero attached hydrogens (tertiary/aromatic N) is 5. The van der Waals surface area contributed by atoms with Crippen LogP contribution in [0.5, 0.6) is 5.75 Å². The summed E-state index contributed by atoms with van der Waals surface area (Å²) in [5.41, 5.74) is 6.60. The van der Waals surface area contributed by atoms with Crippen LogP contribution in [0, 0.1) is 5.82 Å². The number of benzene rings is 4. The molecule has 0 aliphatic heterocycles. The molecule has 2 aromatic heterocycles. The zero-order valence-electron chi connectivity index (χ0n) is 25.1. The molecule has 6 aromatic rings. The molecule has 7 rings (SSSR count). The largest absolute Gasteiger partial charge is 0.489 e. The number of ether oxygens (including phenoxy) is 1. The standard InChI is InChI=1S/C35H31ClFN7O2/c1-38-35(45)24-9-14-28(22-10-15-30(37)29(36)18-22)25(17-24)20-46-27-12-7-21(8-13-27)34-39-31-19-23(33-40-42-43-41-33)11-16-32(31)44(34)26-5-3-2-4-6-26/h7-19,26H,2-6,20H2,1H3,(H,38,45)(H,40,41,42,43). The van der Waals surface area contributed by atoms with Crippen LogP contribution in [-0.4, -0.2) is 43.1 Å². The fourth-order valence-electron chi connectivity index (χ4n) is 6.24. The molecule has 1 saturated carbocycles. The van der Waals surface area contributed by atoms with Crippen molar-refractivity contribution in [3.8, 4) is 39.7 Å². The van der Waals surface area contributed by atoms with Crippen molar-refractivity contribution in [2.24, 2.45) is 0 Å². The summed E-state index contributed by atoms with van der Waals surface area (Å²) in [6, 6.07) is 24.3. The molecule has 0 spiro atoms. The molecule has 232 valence electrons. The highest BCUT2D eigenvalue weighted by Crippen LogP contribution is 2.37. The summed E-state index contributed by atoms with van der Waals surface area (Å²) in [4.78, 5) is 17.5. The maximum Gasteiger partial charge on any atom is 0.251 e. The molecular formula is C35H31ClFN7O2. The number of nitrogens with one attached hydrogen (secondary N) is 2.